The van der Waals surface area contributed by atoms with Crippen molar-refractivity contribution in [2.75, 3.05) is 26.3 Å². The molecule has 2 N–H and O–H groups in total. The molecule has 2 aromatic rings. The monoisotopic (exact) mass is 491 g/mol. The Morgan fingerprint density at radius 3 is 2.66 bits per heavy atom. The van der Waals surface area contributed by atoms with Crippen molar-refractivity contribution in [1.29, 1.82) is 0 Å². The van der Waals surface area contributed by atoms with Crippen LogP contribution in [0.5, 0.6) is 5.75 Å². The zero-order valence-electron chi connectivity index (χ0n) is 20.9. The second-order valence-corrected chi connectivity index (χ2v) is 9.69. The van der Waals surface area contributed by atoms with E-state index in [9.17, 15) is 13.9 Å². The molecule has 0 radical (unpaired) electrons. The van der Waals surface area contributed by atoms with Gasteiger partial charge in [-0.2, -0.15) is 0 Å². The number of hydrogen-bond donors (Lipinski definition) is 2. The molecule has 194 valence electrons. The van der Waals surface area contributed by atoms with E-state index in [1.165, 1.54) is 0 Å². The summed E-state index contributed by atoms with van der Waals surface area (Å²) in [5.41, 5.74) is 2.70. The van der Waals surface area contributed by atoms with Crippen LogP contribution in [0.1, 0.15) is 68.7 Å². The Hall–Kier alpha value is -2.06. The molecule has 0 aromatic heterocycles. The molecule has 2 aromatic carbocycles. The molecule has 7 heteroatoms. The first-order valence-corrected chi connectivity index (χ1v) is 12.6. The van der Waals surface area contributed by atoms with Gasteiger partial charge in [-0.15, -0.1) is 0 Å². The number of aliphatic hydroxyl groups excluding tert-OH is 1. The number of ether oxygens (including phenoxy) is 3. The van der Waals surface area contributed by atoms with Gasteiger partial charge in [0.1, 0.15) is 12.4 Å². The number of fused-ring (bicyclic) bond motifs is 1. The first-order chi connectivity index (χ1) is 16.7. The number of hydrogen-bond acceptors (Lipinski definition) is 5. The predicted octanol–water partition coefficient (Wildman–Crippen LogP) is 5.80. The van der Waals surface area contributed by atoms with E-state index >= 15 is 0 Å². The molecule has 0 bridgehead atoms. The SMILES string of the molecule is CC1(C)OCc2cc([C@H](O)CNCCCCCCOCC(F)(F)CCc3ccccc3)ccc2O1. The van der Waals surface area contributed by atoms with Gasteiger partial charge in [0.2, 0.25) is 5.79 Å². The lowest BCUT2D eigenvalue weighted by Gasteiger charge is -2.33. The van der Waals surface area contributed by atoms with Crippen molar-refractivity contribution in [3.8, 4) is 5.75 Å². The van der Waals surface area contributed by atoms with E-state index in [1.807, 2.05) is 62.4 Å². The smallest absolute Gasteiger partial charge is 0.271 e. The van der Waals surface area contributed by atoms with Gasteiger partial charge in [0.25, 0.3) is 5.92 Å². The standard InChI is InChI=1S/C28H39F2NO4/c1-27(2)34-20-24-18-23(12-13-26(24)35-27)25(32)19-31-16-8-3-4-9-17-33-21-28(29,30)15-14-22-10-6-5-7-11-22/h5-7,10-13,18,25,31-32H,3-4,8-9,14-17,19-21H2,1-2H3/t25-/m1/s1. The first-order valence-electron chi connectivity index (χ1n) is 12.6. The van der Waals surface area contributed by atoms with Crippen molar-refractivity contribution in [3.05, 3.63) is 65.2 Å². The average Bonchev–Trinajstić information content (AvgIpc) is 2.83. The van der Waals surface area contributed by atoms with Crippen LogP contribution in [0.2, 0.25) is 0 Å². The van der Waals surface area contributed by atoms with E-state index in [0.717, 1.165) is 54.7 Å². The van der Waals surface area contributed by atoms with Crippen LogP contribution in [0.15, 0.2) is 48.5 Å². The van der Waals surface area contributed by atoms with E-state index in [1.54, 1.807) is 0 Å². The van der Waals surface area contributed by atoms with E-state index in [0.29, 0.717) is 26.2 Å². The van der Waals surface area contributed by atoms with E-state index in [2.05, 4.69) is 5.32 Å². The maximum absolute atomic E-state index is 14.0. The summed E-state index contributed by atoms with van der Waals surface area (Å²) in [6.45, 7) is 5.32. The molecule has 0 fully saturated rings. The normalized spacial score (nSPS) is 15.9. The molecule has 1 aliphatic rings. The molecule has 5 nitrogen and oxygen atoms in total. The predicted molar refractivity (Wildman–Crippen MR) is 133 cm³/mol. The minimum absolute atomic E-state index is 0.195. The topological polar surface area (TPSA) is 60.0 Å². The Kier molecular flexibility index (Phi) is 10.5. The van der Waals surface area contributed by atoms with Gasteiger partial charge >= 0.3 is 0 Å². The lowest BCUT2D eigenvalue weighted by Crippen LogP contribution is -2.35. The lowest BCUT2D eigenvalue weighted by molar-refractivity contribution is -0.180. The van der Waals surface area contributed by atoms with Gasteiger partial charge in [0.15, 0.2) is 0 Å². The molecule has 3 rings (SSSR count). The van der Waals surface area contributed by atoms with Gasteiger partial charge in [-0.25, -0.2) is 8.78 Å². The molecule has 0 spiro atoms. The summed E-state index contributed by atoms with van der Waals surface area (Å²) < 4.78 is 44.6. The number of aliphatic hydroxyl groups is 1. The fourth-order valence-electron chi connectivity index (χ4n) is 3.99. The highest BCUT2D eigenvalue weighted by atomic mass is 19.3. The van der Waals surface area contributed by atoms with Crippen molar-refractivity contribution in [3.63, 3.8) is 0 Å². The van der Waals surface area contributed by atoms with Crippen molar-refractivity contribution < 1.29 is 28.1 Å². The number of alkyl halides is 2. The van der Waals surface area contributed by atoms with Crippen molar-refractivity contribution in [2.24, 2.45) is 0 Å². The summed E-state index contributed by atoms with van der Waals surface area (Å²) in [6, 6.07) is 15.1. The minimum Gasteiger partial charge on any atom is -0.463 e. The minimum atomic E-state index is -2.80. The second kappa shape index (κ2) is 13.3. The van der Waals surface area contributed by atoms with E-state index < -0.39 is 24.4 Å². The maximum atomic E-state index is 14.0. The molecule has 1 heterocycles. The summed E-state index contributed by atoms with van der Waals surface area (Å²) in [5, 5.41) is 13.8. The second-order valence-electron chi connectivity index (χ2n) is 9.69. The van der Waals surface area contributed by atoms with Gasteiger partial charge in [0, 0.05) is 39.0 Å². The number of halogens is 2. The van der Waals surface area contributed by atoms with Crippen molar-refractivity contribution >= 4 is 0 Å². The fraction of sp³-hybridized carbons (Fsp3) is 0.571. The summed E-state index contributed by atoms with van der Waals surface area (Å²) >= 11 is 0. The van der Waals surface area contributed by atoms with Crippen LogP contribution in [0.3, 0.4) is 0 Å². The molecular formula is C28H39F2NO4. The van der Waals surface area contributed by atoms with Crippen LogP contribution in [-0.4, -0.2) is 43.1 Å². The van der Waals surface area contributed by atoms with Crippen molar-refractivity contribution in [2.45, 2.75) is 76.8 Å². The van der Waals surface area contributed by atoms with Crippen molar-refractivity contribution in [1.82, 2.24) is 5.32 Å². The van der Waals surface area contributed by atoms with Gasteiger partial charge in [-0.3, -0.25) is 0 Å². The first kappa shape index (κ1) is 27.5. The summed E-state index contributed by atoms with van der Waals surface area (Å²) in [7, 11) is 0. The Morgan fingerprint density at radius 1 is 1.09 bits per heavy atom. The largest absolute Gasteiger partial charge is 0.463 e. The molecule has 0 unspecified atom stereocenters. The summed E-state index contributed by atoms with van der Waals surface area (Å²) in [5.74, 6) is -2.63. The van der Waals surface area contributed by atoms with E-state index in [4.69, 9.17) is 14.2 Å². The van der Waals surface area contributed by atoms with Crippen LogP contribution in [0.25, 0.3) is 0 Å². The molecule has 35 heavy (non-hydrogen) atoms. The van der Waals surface area contributed by atoms with Gasteiger partial charge in [0.05, 0.1) is 12.7 Å². The molecule has 0 amide bonds. The van der Waals surface area contributed by atoms with Crippen LogP contribution < -0.4 is 10.1 Å². The molecule has 0 saturated carbocycles. The van der Waals surface area contributed by atoms with Crippen LogP contribution >= 0.6 is 0 Å². The number of unbranched alkanes of at least 4 members (excludes halogenated alkanes) is 3. The Labute approximate surface area is 207 Å². The third-order valence-corrected chi connectivity index (χ3v) is 6.07. The third-order valence-electron chi connectivity index (χ3n) is 6.07. The highest BCUT2D eigenvalue weighted by Gasteiger charge is 2.29. The van der Waals surface area contributed by atoms with Crippen LogP contribution in [0, 0.1) is 0 Å². The highest BCUT2D eigenvalue weighted by molar-refractivity contribution is 5.39. The molecule has 0 aliphatic carbocycles. The molecule has 1 atom stereocenters. The molecule has 0 saturated heterocycles. The fourth-order valence-corrected chi connectivity index (χ4v) is 3.99. The zero-order valence-corrected chi connectivity index (χ0v) is 20.9. The van der Waals surface area contributed by atoms with E-state index in [-0.39, 0.29) is 6.42 Å². The third kappa shape index (κ3) is 9.84. The Balaban J connectivity index is 1.19. The average molecular weight is 492 g/mol. The molecular weight excluding hydrogens is 452 g/mol. The lowest BCUT2D eigenvalue weighted by atomic mass is 10.0. The maximum Gasteiger partial charge on any atom is 0.271 e. The number of nitrogens with one attached hydrogen (secondary N) is 1. The number of rotatable bonds is 15. The van der Waals surface area contributed by atoms with Crippen LogP contribution in [-0.2, 0) is 22.5 Å². The summed E-state index contributed by atoms with van der Waals surface area (Å²) in [4.78, 5) is 0. The van der Waals surface area contributed by atoms with Gasteiger partial charge < -0.3 is 24.6 Å². The quantitative estimate of drug-likeness (QED) is 0.309. The molecule has 1 aliphatic heterocycles. The van der Waals surface area contributed by atoms with Crippen LogP contribution in [0.4, 0.5) is 8.78 Å². The Morgan fingerprint density at radius 2 is 1.86 bits per heavy atom. The Bertz CT molecular complexity index is 892. The zero-order chi connectivity index (χ0) is 25.2. The summed E-state index contributed by atoms with van der Waals surface area (Å²) in [6.07, 6.45) is 3.20. The van der Waals surface area contributed by atoms with Gasteiger partial charge in [-0.1, -0.05) is 49.2 Å². The highest BCUT2D eigenvalue weighted by Crippen LogP contribution is 2.32. The number of benzene rings is 2. The van der Waals surface area contributed by atoms with Gasteiger partial charge in [-0.05, 0) is 49.1 Å². The number of aryl methyl sites for hydroxylation is 1.